The van der Waals surface area contributed by atoms with Crippen LogP contribution in [0.25, 0.3) is 0 Å². The normalized spacial score (nSPS) is 12.1. The van der Waals surface area contributed by atoms with Gasteiger partial charge in [0.15, 0.2) is 0 Å². The molecule has 0 saturated carbocycles. The van der Waals surface area contributed by atoms with Gasteiger partial charge in [-0.25, -0.2) is 0 Å². The van der Waals surface area contributed by atoms with E-state index in [9.17, 15) is 31.2 Å². The number of benzene rings is 2. The number of nitrogens with one attached hydrogen (secondary N) is 1. The lowest BCUT2D eigenvalue weighted by molar-refractivity contribution is -0.141. The van der Waals surface area contributed by atoms with Crippen LogP contribution in [0.3, 0.4) is 0 Å². The van der Waals surface area contributed by atoms with Crippen molar-refractivity contribution in [3.63, 3.8) is 0 Å². The van der Waals surface area contributed by atoms with E-state index in [1.807, 2.05) is 5.18 Å². The van der Waals surface area contributed by atoms with E-state index in [0.29, 0.717) is 17.8 Å². The molecule has 122 valence electrons. The Labute approximate surface area is 125 Å². The SMILES string of the molecule is O=Nc1c(C(F)(F)F)cc(Nc2ccccc2)cc1C(F)(F)F. The summed E-state index contributed by atoms with van der Waals surface area (Å²) in [6, 6.07) is 8.50. The molecule has 3 nitrogen and oxygen atoms in total. The molecule has 2 rings (SSSR count). The molecule has 1 N–H and O–H groups in total. The first-order chi connectivity index (χ1) is 10.6. The van der Waals surface area contributed by atoms with Gasteiger partial charge in [0.2, 0.25) is 0 Å². The minimum absolute atomic E-state index is 0.292. The molecule has 0 aliphatic heterocycles. The van der Waals surface area contributed by atoms with Crippen LogP contribution in [0.1, 0.15) is 11.1 Å². The summed E-state index contributed by atoms with van der Waals surface area (Å²) in [6.45, 7) is 0. The molecule has 0 saturated heterocycles. The zero-order chi connectivity index (χ0) is 17.3. The van der Waals surface area contributed by atoms with Gasteiger partial charge in [0, 0.05) is 11.4 Å². The van der Waals surface area contributed by atoms with Crippen molar-refractivity contribution < 1.29 is 26.3 Å². The summed E-state index contributed by atoms with van der Waals surface area (Å²) in [5.41, 5.74) is -5.34. The highest BCUT2D eigenvalue weighted by atomic mass is 19.4. The first-order valence-electron chi connectivity index (χ1n) is 6.11. The molecule has 0 aromatic heterocycles. The lowest BCUT2D eigenvalue weighted by atomic mass is 10.0. The molecule has 0 fully saturated rings. The molecule has 0 spiro atoms. The second-order valence-electron chi connectivity index (χ2n) is 4.50. The number of hydrogen-bond donors (Lipinski definition) is 1. The van der Waals surface area contributed by atoms with E-state index in [2.05, 4.69) is 5.32 Å². The van der Waals surface area contributed by atoms with E-state index in [4.69, 9.17) is 0 Å². The van der Waals surface area contributed by atoms with Crippen LogP contribution >= 0.6 is 0 Å². The van der Waals surface area contributed by atoms with Crippen molar-refractivity contribution in [2.24, 2.45) is 5.18 Å². The Kier molecular flexibility index (Phi) is 4.31. The van der Waals surface area contributed by atoms with Crippen molar-refractivity contribution in [2.75, 3.05) is 5.32 Å². The van der Waals surface area contributed by atoms with E-state index < -0.39 is 34.9 Å². The zero-order valence-electron chi connectivity index (χ0n) is 11.2. The van der Waals surface area contributed by atoms with Crippen LogP contribution in [0.15, 0.2) is 47.6 Å². The summed E-state index contributed by atoms with van der Waals surface area (Å²) >= 11 is 0. The first kappa shape index (κ1) is 16.8. The van der Waals surface area contributed by atoms with Crippen molar-refractivity contribution in [3.8, 4) is 0 Å². The van der Waals surface area contributed by atoms with Gasteiger partial charge >= 0.3 is 12.4 Å². The molecule has 2 aromatic rings. The molecule has 2 aromatic carbocycles. The van der Waals surface area contributed by atoms with Crippen LogP contribution in [0, 0.1) is 4.91 Å². The smallest absolute Gasteiger partial charge is 0.355 e. The van der Waals surface area contributed by atoms with Crippen LogP contribution in [-0.2, 0) is 12.4 Å². The van der Waals surface area contributed by atoms with Gasteiger partial charge in [-0.15, -0.1) is 4.91 Å². The Morgan fingerprint density at radius 3 is 1.65 bits per heavy atom. The predicted molar refractivity (Wildman–Crippen MR) is 71.6 cm³/mol. The highest BCUT2D eigenvalue weighted by molar-refractivity contribution is 5.68. The number of anilines is 2. The maximum absolute atomic E-state index is 12.9. The fourth-order valence-corrected chi connectivity index (χ4v) is 1.93. The van der Waals surface area contributed by atoms with E-state index >= 15 is 0 Å². The van der Waals surface area contributed by atoms with Crippen LogP contribution in [-0.4, -0.2) is 0 Å². The van der Waals surface area contributed by atoms with Crippen LogP contribution in [0.4, 0.5) is 43.4 Å². The minimum atomic E-state index is -5.16. The molecule has 0 amide bonds. The number of nitroso groups, excluding NO2 is 1. The van der Waals surface area contributed by atoms with E-state index in [1.165, 1.54) is 12.1 Å². The number of nitrogens with zero attached hydrogens (tertiary/aromatic N) is 1. The van der Waals surface area contributed by atoms with Crippen LogP contribution in [0.2, 0.25) is 0 Å². The molecular weight excluding hydrogens is 326 g/mol. The third-order valence-corrected chi connectivity index (χ3v) is 2.87. The Bertz CT molecular complexity index is 674. The van der Waals surface area contributed by atoms with Crippen molar-refractivity contribution in [3.05, 3.63) is 58.5 Å². The highest BCUT2D eigenvalue weighted by Gasteiger charge is 2.42. The number of rotatable bonds is 3. The summed E-state index contributed by atoms with van der Waals surface area (Å²) in [4.78, 5) is 10.5. The van der Waals surface area contributed by atoms with Gasteiger partial charge in [0.25, 0.3) is 0 Å². The molecule has 0 aliphatic rings. The third kappa shape index (κ3) is 3.79. The topological polar surface area (TPSA) is 41.5 Å². The maximum Gasteiger partial charge on any atom is 0.418 e. The number of para-hydroxylation sites is 1. The predicted octanol–water partition coefficient (Wildman–Crippen LogP) is 5.87. The molecule has 0 aliphatic carbocycles. The average molecular weight is 334 g/mol. The molecule has 0 bridgehead atoms. The van der Waals surface area contributed by atoms with Gasteiger partial charge in [-0.2, -0.15) is 26.3 Å². The molecular formula is C14H8F6N2O. The lowest BCUT2D eigenvalue weighted by Gasteiger charge is -2.17. The van der Waals surface area contributed by atoms with Gasteiger partial charge < -0.3 is 5.32 Å². The van der Waals surface area contributed by atoms with Crippen LogP contribution in [0.5, 0.6) is 0 Å². The minimum Gasteiger partial charge on any atom is -0.355 e. The average Bonchev–Trinajstić information content (AvgIpc) is 2.45. The third-order valence-electron chi connectivity index (χ3n) is 2.87. The van der Waals surface area contributed by atoms with Crippen LogP contribution < -0.4 is 5.32 Å². The lowest BCUT2D eigenvalue weighted by Crippen LogP contribution is -2.12. The first-order valence-corrected chi connectivity index (χ1v) is 6.11. The molecule has 0 radical (unpaired) electrons. The Hall–Kier alpha value is -2.58. The summed E-state index contributed by atoms with van der Waals surface area (Å²) in [5, 5.41) is 4.37. The molecule has 0 unspecified atom stereocenters. The van der Waals surface area contributed by atoms with E-state index in [-0.39, 0.29) is 0 Å². The molecule has 9 heteroatoms. The second-order valence-corrected chi connectivity index (χ2v) is 4.50. The van der Waals surface area contributed by atoms with Crippen molar-refractivity contribution in [1.29, 1.82) is 0 Å². The van der Waals surface area contributed by atoms with Gasteiger partial charge in [0.1, 0.15) is 5.69 Å². The summed E-state index contributed by atoms with van der Waals surface area (Å²) in [5.74, 6) is 0. The van der Waals surface area contributed by atoms with E-state index in [0.717, 1.165) is 0 Å². The maximum atomic E-state index is 12.9. The monoisotopic (exact) mass is 334 g/mol. The summed E-state index contributed by atoms with van der Waals surface area (Å²) in [7, 11) is 0. The second kappa shape index (κ2) is 5.90. The van der Waals surface area contributed by atoms with Crippen molar-refractivity contribution in [2.45, 2.75) is 12.4 Å². The number of halogens is 6. The number of alkyl halides is 6. The zero-order valence-corrected chi connectivity index (χ0v) is 11.2. The Morgan fingerprint density at radius 1 is 0.783 bits per heavy atom. The van der Waals surface area contributed by atoms with Gasteiger partial charge in [-0.1, -0.05) is 18.2 Å². The number of hydrogen-bond acceptors (Lipinski definition) is 3. The van der Waals surface area contributed by atoms with E-state index in [1.54, 1.807) is 18.2 Å². The summed E-state index contributed by atoms with van der Waals surface area (Å²) < 4.78 is 77.6. The fourth-order valence-electron chi connectivity index (χ4n) is 1.93. The Balaban J connectivity index is 2.63. The highest BCUT2D eigenvalue weighted by Crippen LogP contribution is 2.46. The van der Waals surface area contributed by atoms with Gasteiger partial charge in [-0.3, -0.25) is 0 Å². The molecule has 0 atom stereocenters. The largest absolute Gasteiger partial charge is 0.418 e. The van der Waals surface area contributed by atoms with Gasteiger partial charge in [-0.05, 0) is 29.4 Å². The Morgan fingerprint density at radius 2 is 1.26 bits per heavy atom. The standard InChI is InChI=1S/C14H8F6N2O/c15-13(16,17)10-6-9(21-8-4-2-1-3-5-8)7-11(12(10)22-23)14(18,19)20/h1-7,21H. The van der Waals surface area contributed by atoms with Crippen molar-refractivity contribution in [1.82, 2.24) is 0 Å². The van der Waals surface area contributed by atoms with Crippen molar-refractivity contribution >= 4 is 17.1 Å². The molecule has 0 heterocycles. The molecule has 23 heavy (non-hydrogen) atoms. The quantitative estimate of drug-likeness (QED) is 0.564. The fraction of sp³-hybridized carbons (Fsp3) is 0.143. The summed E-state index contributed by atoms with van der Waals surface area (Å²) in [6.07, 6.45) is -10.3. The van der Waals surface area contributed by atoms with Gasteiger partial charge in [0.05, 0.1) is 11.1 Å².